The summed E-state index contributed by atoms with van der Waals surface area (Å²) in [6, 6.07) is 0. The highest BCUT2D eigenvalue weighted by molar-refractivity contribution is 6.18. The summed E-state index contributed by atoms with van der Waals surface area (Å²) < 4.78 is 0. The van der Waals surface area contributed by atoms with E-state index in [-0.39, 0.29) is 18.7 Å². The van der Waals surface area contributed by atoms with Gasteiger partial charge in [0.2, 0.25) is 5.79 Å². The molecular weight excluding hydrogens is 240 g/mol. The molecule has 0 radical (unpaired) electrons. The molecule has 4 heteroatoms. The predicted octanol–water partition coefficient (Wildman–Crippen LogP) is 3.01. The highest BCUT2D eigenvalue weighted by Crippen LogP contribution is 2.15. The molecule has 0 aromatic rings. The summed E-state index contributed by atoms with van der Waals surface area (Å²) in [6.07, 6.45) is 7.92. The van der Waals surface area contributed by atoms with Crippen LogP contribution < -0.4 is 0 Å². The molecule has 0 saturated heterocycles. The lowest BCUT2D eigenvalue weighted by molar-refractivity contribution is -0.183. The van der Waals surface area contributed by atoms with Gasteiger partial charge in [-0.15, -0.1) is 11.6 Å². The first-order valence-electron chi connectivity index (χ1n) is 6.58. The quantitative estimate of drug-likeness (QED) is 0.343. The smallest absolute Gasteiger partial charge is 0.225 e. The number of unbranched alkanes of at least 4 members (excludes halogenated alkanes) is 6. The van der Waals surface area contributed by atoms with Crippen LogP contribution in [0.15, 0.2) is 0 Å². The SMILES string of the molecule is CCCCCCCCCC(=O)C(O)(O)CCCl. The molecule has 0 fully saturated rings. The summed E-state index contributed by atoms with van der Waals surface area (Å²) in [4.78, 5) is 11.4. The standard InChI is InChI=1S/C13H25ClO3/c1-2-3-4-5-6-7-8-9-12(15)13(16,17)10-11-14/h16-17H,2-11H2,1H3. The normalized spacial score (nSPS) is 11.8. The maximum atomic E-state index is 11.4. The van der Waals surface area contributed by atoms with Gasteiger partial charge in [-0.1, -0.05) is 45.4 Å². The fourth-order valence-corrected chi connectivity index (χ4v) is 1.98. The molecule has 2 N–H and O–H groups in total. The van der Waals surface area contributed by atoms with Gasteiger partial charge in [-0.3, -0.25) is 4.79 Å². The van der Waals surface area contributed by atoms with Gasteiger partial charge in [0.05, 0.1) is 0 Å². The molecular formula is C13H25ClO3. The van der Waals surface area contributed by atoms with Crippen molar-refractivity contribution < 1.29 is 15.0 Å². The van der Waals surface area contributed by atoms with E-state index in [0.29, 0.717) is 0 Å². The summed E-state index contributed by atoms with van der Waals surface area (Å²) in [7, 11) is 0. The largest absolute Gasteiger partial charge is 0.360 e. The van der Waals surface area contributed by atoms with Gasteiger partial charge < -0.3 is 10.2 Å². The van der Waals surface area contributed by atoms with E-state index in [1.807, 2.05) is 0 Å². The predicted molar refractivity (Wildman–Crippen MR) is 70.1 cm³/mol. The Balaban J connectivity index is 3.51. The Hall–Kier alpha value is -0.120. The molecule has 0 aliphatic rings. The summed E-state index contributed by atoms with van der Waals surface area (Å²) in [6.45, 7) is 2.18. The Labute approximate surface area is 109 Å². The second kappa shape index (κ2) is 9.86. The molecule has 0 amide bonds. The maximum absolute atomic E-state index is 11.4. The lowest BCUT2D eigenvalue weighted by atomic mass is 10.0. The molecule has 0 spiro atoms. The summed E-state index contributed by atoms with van der Waals surface area (Å²) >= 11 is 5.39. The van der Waals surface area contributed by atoms with Crippen LogP contribution in [0.3, 0.4) is 0 Å². The Morgan fingerprint density at radius 3 is 2.12 bits per heavy atom. The Morgan fingerprint density at radius 2 is 1.59 bits per heavy atom. The number of alkyl halides is 1. The minimum Gasteiger partial charge on any atom is -0.360 e. The molecule has 0 aromatic heterocycles. The molecule has 0 atom stereocenters. The van der Waals surface area contributed by atoms with Crippen LogP contribution >= 0.6 is 11.6 Å². The Bertz CT molecular complexity index is 205. The van der Waals surface area contributed by atoms with Gasteiger partial charge in [-0.25, -0.2) is 0 Å². The third-order valence-corrected chi connectivity index (χ3v) is 3.09. The third kappa shape index (κ3) is 8.58. The van der Waals surface area contributed by atoms with E-state index in [1.165, 1.54) is 25.7 Å². The zero-order valence-corrected chi connectivity index (χ0v) is 11.5. The van der Waals surface area contributed by atoms with Crippen molar-refractivity contribution in [1.29, 1.82) is 0 Å². The van der Waals surface area contributed by atoms with Crippen LogP contribution in [-0.2, 0) is 4.79 Å². The van der Waals surface area contributed by atoms with E-state index in [9.17, 15) is 15.0 Å². The van der Waals surface area contributed by atoms with E-state index in [0.717, 1.165) is 19.3 Å². The highest BCUT2D eigenvalue weighted by atomic mass is 35.5. The number of Topliss-reactive ketones (excluding diaryl/α,β-unsaturated/α-hetero) is 1. The van der Waals surface area contributed by atoms with Crippen molar-refractivity contribution in [3.05, 3.63) is 0 Å². The van der Waals surface area contributed by atoms with Gasteiger partial charge in [-0.05, 0) is 6.42 Å². The molecule has 0 saturated carbocycles. The first kappa shape index (κ1) is 16.9. The minimum atomic E-state index is -2.22. The van der Waals surface area contributed by atoms with Crippen molar-refractivity contribution in [2.24, 2.45) is 0 Å². The van der Waals surface area contributed by atoms with Crippen LogP contribution in [0.25, 0.3) is 0 Å². The Kier molecular flexibility index (Phi) is 9.79. The average molecular weight is 265 g/mol. The second-order valence-electron chi connectivity index (χ2n) is 4.55. The molecule has 0 aliphatic carbocycles. The van der Waals surface area contributed by atoms with Crippen molar-refractivity contribution in [3.8, 4) is 0 Å². The molecule has 0 unspecified atom stereocenters. The second-order valence-corrected chi connectivity index (χ2v) is 4.93. The van der Waals surface area contributed by atoms with Crippen molar-refractivity contribution in [2.75, 3.05) is 5.88 Å². The zero-order valence-electron chi connectivity index (χ0n) is 10.8. The number of ketones is 1. The summed E-state index contributed by atoms with van der Waals surface area (Å²) in [5, 5.41) is 18.8. The molecule has 0 aliphatic heterocycles. The van der Waals surface area contributed by atoms with Crippen LogP contribution in [0.5, 0.6) is 0 Å². The van der Waals surface area contributed by atoms with Crippen LogP contribution in [0.1, 0.15) is 64.7 Å². The van der Waals surface area contributed by atoms with E-state index >= 15 is 0 Å². The Morgan fingerprint density at radius 1 is 1.06 bits per heavy atom. The van der Waals surface area contributed by atoms with Gasteiger partial charge in [0.1, 0.15) is 0 Å². The van der Waals surface area contributed by atoms with E-state index in [2.05, 4.69) is 6.92 Å². The zero-order chi connectivity index (χ0) is 13.1. The van der Waals surface area contributed by atoms with Crippen molar-refractivity contribution in [2.45, 2.75) is 70.5 Å². The van der Waals surface area contributed by atoms with Crippen molar-refractivity contribution in [3.63, 3.8) is 0 Å². The molecule has 0 bridgehead atoms. The molecule has 3 nitrogen and oxygen atoms in total. The van der Waals surface area contributed by atoms with Gasteiger partial charge in [0, 0.05) is 18.7 Å². The molecule has 0 rings (SSSR count). The van der Waals surface area contributed by atoms with Crippen LogP contribution in [0.4, 0.5) is 0 Å². The molecule has 17 heavy (non-hydrogen) atoms. The number of halogens is 1. The number of hydrogen-bond donors (Lipinski definition) is 2. The topological polar surface area (TPSA) is 57.5 Å². The third-order valence-electron chi connectivity index (χ3n) is 2.90. The molecule has 0 heterocycles. The first-order valence-corrected chi connectivity index (χ1v) is 7.12. The summed E-state index contributed by atoms with van der Waals surface area (Å²) in [5.41, 5.74) is 0. The van der Waals surface area contributed by atoms with Gasteiger partial charge in [-0.2, -0.15) is 0 Å². The lowest BCUT2D eigenvalue weighted by Crippen LogP contribution is -2.38. The highest BCUT2D eigenvalue weighted by Gasteiger charge is 2.30. The van der Waals surface area contributed by atoms with Crippen LogP contribution in [0.2, 0.25) is 0 Å². The van der Waals surface area contributed by atoms with Crippen molar-refractivity contribution in [1.82, 2.24) is 0 Å². The van der Waals surface area contributed by atoms with E-state index < -0.39 is 11.6 Å². The maximum Gasteiger partial charge on any atom is 0.225 e. The van der Waals surface area contributed by atoms with Crippen molar-refractivity contribution >= 4 is 17.4 Å². The fraction of sp³-hybridized carbons (Fsp3) is 0.923. The minimum absolute atomic E-state index is 0.0791. The number of rotatable bonds is 11. The van der Waals surface area contributed by atoms with Gasteiger partial charge in [0.15, 0.2) is 5.78 Å². The van der Waals surface area contributed by atoms with Gasteiger partial charge >= 0.3 is 0 Å². The average Bonchev–Trinajstić information content (AvgIpc) is 2.27. The van der Waals surface area contributed by atoms with E-state index in [4.69, 9.17) is 11.6 Å². The van der Waals surface area contributed by atoms with E-state index in [1.54, 1.807) is 0 Å². The number of carbonyl (C=O) groups excluding carboxylic acids is 1. The molecule has 102 valence electrons. The summed E-state index contributed by atoms with van der Waals surface area (Å²) in [5.74, 6) is -2.65. The number of carbonyl (C=O) groups is 1. The number of aliphatic hydroxyl groups is 2. The van der Waals surface area contributed by atoms with Crippen LogP contribution in [0, 0.1) is 0 Å². The molecule has 0 aromatic carbocycles. The first-order chi connectivity index (χ1) is 8.04. The van der Waals surface area contributed by atoms with Gasteiger partial charge in [0.25, 0.3) is 0 Å². The number of hydrogen-bond acceptors (Lipinski definition) is 3. The lowest BCUT2D eigenvalue weighted by Gasteiger charge is -2.18. The monoisotopic (exact) mass is 264 g/mol. The van der Waals surface area contributed by atoms with Crippen LogP contribution in [-0.4, -0.2) is 27.7 Å². The fourth-order valence-electron chi connectivity index (χ4n) is 1.71.